The van der Waals surface area contributed by atoms with E-state index in [0.29, 0.717) is 28.2 Å². The fraction of sp³-hybridized carbons (Fsp3) is 0.105. The maximum absolute atomic E-state index is 13.4. The quantitative estimate of drug-likeness (QED) is 0.605. The molecule has 1 N–H and O–H groups in total. The molecule has 8 heteroatoms. The standard InChI is InChI=1S/C19H15FN6O/c1-11-7-15(20)3-4-17(11)26-19(23-12(2)25-26)24-18(27)14-8-13-5-6-21-10-16(13)22-9-14/h3-10H,1-2H3,(H,23,24,25,27). The van der Waals surface area contributed by atoms with Crippen molar-refractivity contribution in [3.05, 3.63) is 71.7 Å². The molecule has 3 aromatic heterocycles. The molecule has 4 aromatic rings. The molecule has 0 aliphatic carbocycles. The summed E-state index contributed by atoms with van der Waals surface area (Å²) in [6.45, 7) is 3.48. The lowest BCUT2D eigenvalue weighted by Crippen LogP contribution is -2.16. The van der Waals surface area contributed by atoms with Gasteiger partial charge in [-0.15, -0.1) is 5.10 Å². The van der Waals surface area contributed by atoms with E-state index in [9.17, 15) is 9.18 Å². The molecule has 0 fully saturated rings. The van der Waals surface area contributed by atoms with E-state index in [-0.39, 0.29) is 17.7 Å². The first-order valence-electron chi connectivity index (χ1n) is 8.22. The summed E-state index contributed by atoms with van der Waals surface area (Å²) in [6, 6.07) is 7.86. The normalized spacial score (nSPS) is 10.9. The van der Waals surface area contributed by atoms with E-state index in [0.717, 1.165) is 5.39 Å². The van der Waals surface area contributed by atoms with E-state index >= 15 is 0 Å². The van der Waals surface area contributed by atoms with Gasteiger partial charge in [0.15, 0.2) is 0 Å². The summed E-state index contributed by atoms with van der Waals surface area (Å²) in [6.07, 6.45) is 4.76. The van der Waals surface area contributed by atoms with Crippen LogP contribution >= 0.6 is 0 Å². The minimum atomic E-state index is -0.366. The van der Waals surface area contributed by atoms with Crippen molar-refractivity contribution in [1.29, 1.82) is 0 Å². The van der Waals surface area contributed by atoms with Gasteiger partial charge in [-0.1, -0.05) is 0 Å². The van der Waals surface area contributed by atoms with E-state index in [1.165, 1.54) is 23.0 Å². The third-order valence-electron chi connectivity index (χ3n) is 4.07. The molecule has 7 nitrogen and oxygen atoms in total. The van der Waals surface area contributed by atoms with Gasteiger partial charge < -0.3 is 0 Å². The van der Waals surface area contributed by atoms with Crippen molar-refractivity contribution in [1.82, 2.24) is 24.7 Å². The molecule has 27 heavy (non-hydrogen) atoms. The molecule has 0 bridgehead atoms. The fourth-order valence-corrected chi connectivity index (χ4v) is 2.79. The number of anilines is 1. The van der Waals surface area contributed by atoms with Crippen LogP contribution in [-0.2, 0) is 0 Å². The third-order valence-corrected chi connectivity index (χ3v) is 4.07. The van der Waals surface area contributed by atoms with Gasteiger partial charge in [0.05, 0.1) is 23.0 Å². The van der Waals surface area contributed by atoms with E-state index < -0.39 is 0 Å². The van der Waals surface area contributed by atoms with Gasteiger partial charge in [0.1, 0.15) is 11.6 Å². The number of pyridine rings is 2. The maximum Gasteiger partial charge on any atom is 0.259 e. The molecule has 0 saturated heterocycles. The Kier molecular flexibility index (Phi) is 4.08. The average Bonchev–Trinajstić information content (AvgIpc) is 3.01. The zero-order valence-corrected chi connectivity index (χ0v) is 14.6. The zero-order chi connectivity index (χ0) is 19.0. The summed E-state index contributed by atoms with van der Waals surface area (Å²) >= 11 is 0. The van der Waals surface area contributed by atoms with Gasteiger partial charge in [-0.25, -0.2) is 4.39 Å². The summed E-state index contributed by atoms with van der Waals surface area (Å²) in [5, 5.41) is 7.88. The Morgan fingerprint density at radius 3 is 2.81 bits per heavy atom. The van der Waals surface area contributed by atoms with Crippen LogP contribution in [0.1, 0.15) is 21.7 Å². The molecule has 134 valence electrons. The minimum Gasteiger partial charge on any atom is -0.290 e. The number of aromatic nitrogens is 5. The van der Waals surface area contributed by atoms with Crippen molar-refractivity contribution in [2.24, 2.45) is 0 Å². The van der Waals surface area contributed by atoms with Crippen LogP contribution in [0, 0.1) is 19.7 Å². The topological polar surface area (TPSA) is 85.6 Å². The average molecular weight is 362 g/mol. The molecular formula is C19H15FN6O. The molecule has 0 aliphatic rings. The number of hydrogen-bond donors (Lipinski definition) is 1. The van der Waals surface area contributed by atoms with Crippen molar-refractivity contribution in [3.8, 4) is 5.69 Å². The van der Waals surface area contributed by atoms with Gasteiger partial charge in [0.2, 0.25) is 5.95 Å². The van der Waals surface area contributed by atoms with Gasteiger partial charge in [-0.05, 0) is 49.7 Å². The van der Waals surface area contributed by atoms with E-state index in [4.69, 9.17) is 0 Å². The third kappa shape index (κ3) is 3.24. The van der Waals surface area contributed by atoms with Crippen LogP contribution in [0.2, 0.25) is 0 Å². The van der Waals surface area contributed by atoms with Crippen LogP contribution in [-0.4, -0.2) is 30.6 Å². The van der Waals surface area contributed by atoms with Crippen molar-refractivity contribution < 1.29 is 9.18 Å². The molecule has 0 atom stereocenters. The second kappa shape index (κ2) is 6.56. The molecule has 4 rings (SSSR count). The molecule has 0 saturated carbocycles. The fourth-order valence-electron chi connectivity index (χ4n) is 2.79. The first-order valence-corrected chi connectivity index (χ1v) is 8.22. The predicted octanol–water partition coefficient (Wildman–Crippen LogP) is 3.22. The summed E-state index contributed by atoms with van der Waals surface area (Å²) in [7, 11) is 0. The van der Waals surface area contributed by atoms with E-state index in [2.05, 4.69) is 25.4 Å². The SMILES string of the molecule is Cc1nc(NC(=O)c2cnc3cnccc3c2)n(-c2ccc(F)cc2C)n1. The Morgan fingerprint density at radius 1 is 1.15 bits per heavy atom. The summed E-state index contributed by atoms with van der Waals surface area (Å²) in [5.74, 6) is 0.0313. The molecule has 0 spiro atoms. The van der Waals surface area contributed by atoms with E-state index in [1.54, 1.807) is 44.4 Å². The highest BCUT2D eigenvalue weighted by molar-refractivity contribution is 6.05. The Labute approximate surface area is 153 Å². The highest BCUT2D eigenvalue weighted by atomic mass is 19.1. The Bertz CT molecular complexity index is 1170. The number of aryl methyl sites for hydroxylation is 2. The molecular weight excluding hydrogens is 347 g/mol. The summed E-state index contributed by atoms with van der Waals surface area (Å²) in [5.41, 5.74) is 2.40. The molecule has 0 radical (unpaired) electrons. The number of nitrogens with one attached hydrogen (secondary N) is 1. The summed E-state index contributed by atoms with van der Waals surface area (Å²) in [4.78, 5) is 25.2. The van der Waals surface area contributed by atoms with Gasteiger partial charge in [-0.3, -0.25) is 20.1 Å². The lowest BCUT2D eigenvalue weighted by Gasteiger charge is -2.10. The van der Waals surface area contributed by atoms with Crippen molar-refractivity contribution in [2.45, 2.75) is 13.8 Å². The van der Waals surface area contributed by atoms with E-state index in [1.807, 2.05) is 0 Å². The highest BCUT2D eigenvalue weighted by Crippen LogP contribution is 2.20. The molecule has 3 heterocycles. The van der Waals surface area contributed by atoms with Crippen LogP contribution in [0.5, 0.6) is 0 Å². The van der Waals surface area contributed by atoms with Gasteiger partial charge in [0.25, 0.3) is 5.91 Å². The largest absolute Gasteiger partial charge is 0.290 e. The lowest BCUT2D eigenvalue weighted by atomic mass is 10.2. The number of carbonyl (C=O) groups is 1. The number of rotatable bonds is 3. The van der Waals surface area contributed by atoms with Crippen LogP contribution in [0.15, 0.2) is 48.9 Å². The van der Waals surface area contributed by atoms with Crippen molar-refractivity contribution in [3.63, 3.8) is 0 Å². The second-order valence-electron chi connectivity index (χ2n) is 6.07. The van der Waals surface area contributed by atoms with Gasteiger partial charge in [0, 0.05) is 17.8 Å². The van der Waals surface area contributed by atoms with Crippen LogP contribution < -0.4 is 5.32 Å². The summed E-state index contributed by atoms with van der Waals surface area (Å²) < 4.78 is 14.9. The van der Waals surface area contributed by atoms with Gasteiger partial charge in [-0.2, -0.15) is 9.67 Å². The highest BCUT2D eigenvalue weighted by Gasteiger charge is 2.16. The monoisotopic (exact) mass is 362 g/mol. The Hall–Kier alpha value is -3.68. The number of benzene rings is 1. The Morgan fingerprint density at radius 2 is 2.00 bits per heavy atom. The minimum absolute atomic E-state index is 0.252. The number of fused-ring (bicyclic) bond motifs is 1. The number of halogens is 1. The Balaban J connectivity index is 1.68. The van der Waals surface area contributed by atoms with Crippen LogP contribution in [0.3, 0.4) is 0 Å². The number of amides is 1. The molecule has 0 aliphatic heterocycles. The lowest BCUT2D eigenvalue weighted by molar-refractivity contribution is 0.102. The number of carbonyl (C=O) groups excluding carboxylic acids is 1. The second-order valence-corrected chi connectivity index (χ2v) is 6.07. The molecule has 1 amide bonds. The zero-order valence-electron chi connectivity index (χ0n) is 14.6. The smallest absolute Gasteiger partial charge is 0.259 e. The van der Waals surface area contributed by atoms with Crippen LogP contribution in [0.4, 0.5) is 10.3 Å². The number of hydrogen-bond acceptors (Lipinski definition) is 5. The number of nitrogens with zero attached hydrogens (tertiary/aromatic N) is 5. The first-order chi connectivity index (χ1) is 13.0. The first kappa shape index (κ1) is 16.8. The van der Waals surface area contributed by atoms with Crippen molar-refractivity contribution in [2.75, 3.05) is 5.32 Å². The van der Waals surface area contributed by atoms with Gasteiger partial charge >= 0.3 is 0 Å². The van der Waals surface area contributed by atoms with Crippen molar-refractivity contribution >= 4 is 22.8 Å². The maximum atomic E-state index is 13.4. The molecule has 1 aromatic carbocycles. The predicted molar refractivity (Wildman–Crippen MR) is 98.3 cm³/mol. The van der Waals surface area contributed by atoms with Crippen LogP contribution in [0.25, 0.3) is 16.6 Å². The molecule has 0 unspecified atom stereocenters.